The SMILES string of the molecule is CC(C)NC1CCCCC1=O.c1ccccc1. The van der Waals surface area contributed by atoms with Crippen LogP contribution in [0.1, 0.15) is 39.5 Å². The number of ketones is 1. The third kappa shape index (κ3) is 6.22. The second-order valence-corrected chi connectivity index (χ2v) is 4.74. The van der Waals surface area contributed by atoms with Crippen molar-refractivity contribution in [3.8, 4) is 0 Å². The van der Waals surface area contributed by atoms with Crippen LogP contribution in [0.5, 0.6) is 0 Å². The van der Waals surface area contributed by atoms with Crippen LogP contribution in [0.15, 0.2) is 36.4 Å². The molecule has 0 aromatic heterocycles. The average Bonchev–Trinajstić information content (AvgIpc) is 2.35. The Kier molecular flexibility index (Phi) is 6.56. The largest absolute Gasteiger partial charge is 0.305 e. The van der Waals surface area contributed by atoms with Gasteiger partial charge in [-0.1, -0.05) is 56.7 Å². The first kappa shape index (κ1) is 13.9. The molecule has 94 valence electrons. The molecule has 1 unspecified atom stereocenters. The first-order valence-electron chi connectivity index (χ1n) is 6.49. The maximum absolute atomic E-state index is 11.3. The summed E-state index contributed by atoms with van der Waals surface area (Å²) in [5.41, 5.74) is 0. The summed E-state index contributed by atoms with van der Waals surface area (Å²) in [6.07, 6.45) is 4.12. The van der Waals surface area contributed by atoms with Crippen LogP contribution in [0.2, 0.25) is 0 Å². The Morgan fingerprint density at radius 1 is 1.06 bits per heavy atom. The number of Topliss-reactive ketones (excluding diaryl/α,β-unsaturated/α-hetero) is 1. The van der Waals surface area contributed by atoms with Crippen molar-refractivity contribution < 1.29 is 4.79 Å². The van der Waals surface area contributed by atoms with Crippen molar-refractivity contribution in [1.82, 2.24) is 5.32 Å². The van der Waals surface area contributed by atoms with Crippen LogP contribution in [0.4, 0.5) is 0 Å². The van der Waals surface area contributed by atoms with Crippen LogP contribution in [-0.4, -0.2) is 17.9 Å². The number of nitrogens with one attached hydrogen (secondary N) is 1. The van der Waals surface area contributed by atoms with Gasteiger partial charge in [0, 0.05) is 12.5 Å². The number of benzene rings is 1. The molecule has 1 aliphatic carbocycles. The van der Waals surface area contributed by atoms with Crippen molar-refractivity contribution in [3.63, 3.8) is 0 Å². The monoisotopic (exact) mass is 233 g/mol. The van der Waals surface area contributed by atoms with Crippen molar-refractivity contribution in [3.05, 3.63) is 36.4 Å². The molecule has 0 radical (unpaired) electrons. The van der Waals surface area contributed by atoms with Crippen LogP contribution >= 0.6 is 0 Å². The van der Waals surface area contributed by atoms with Crippen LogP contribution in [0.3, 0.4) is 0 Å². The van der Waals surface area contributed by atoms with Gasteiger partial charge in [-0.2, -0.15) is 0 Å². The van der Waals surface area contributed by atoms with Gasteiger partial charge in [-0.05, 0) is 12.8 Å². The van der Waals surface area contributed by atoms with E-state index >= 15 is 0 Å². The van der Waals surface area contributed by atoms with E-state index < -0.39 is 0 Å². The van der Waals surface area contributed by atoms with E-state index in [9.17, 15) is 4.79 Å². The molecule has 0 spiro atoms. The lowest BCUT2D eigenvalue weighted by molar-refractivity contribution is -0.122. The molecule has 0 amide bonds. The molecule has 1 aliphatic rings. The smallest absolute Gasteiger partial charge is 0.149 e. The first-order chi connectivity index (χ1) is 8.20. The first-order valence-corrected chi connectivity index (χ1v) is 6.49. The minimum absolute atomic E-state index is 0.156. The molecule has 1 aromatic rings. The molecular weight excluding hydrogens is 210 g/mol. The van der Waals surface area contributed by atoms with Crippen molar-refractivity contribution in [2.75, 3.05) is 0 Å². The van der Waals surface area contributed by atoms with Crippen molar-refractivity contribution in [2.45, 2.75) is 51.6 Å². The zero-order valence-corrected chi connectivity index (χ0v) is 10.9. The lowest BCUT2D eigenvalue weighted by Gasteiger charge is -2.23. The van der Waals surface area contributed by atoms with E-state index in [1.54, 1.807) is 0 Å². The van der Waals surface area contributed by atoms with Gasteiger partial charge in [0.1, 0.15) is 5.78 Å². The van der Waals surface area contributed by atoms with Crippen molar-refractivity contribution in [2.24, 2.45) is 0 Å². The van der Waals surface area contributed by atoms with E-state index in [0.717, 1.165) is 19.3 Å². The van der Waals surface area contributed by atoms with E-state index in [4.69, 9.17) is 0 Å². The third-order valence-corrected chi connectivity index (χ3v) is 2.76. The van der Waals surface area contributed by atoms with Gasteiger partial charge in [0.2, 0.25) is 0 Å². The van der Waals surface area contributed by atoms with E-state index in [1.807, 2.05) is 36.4 Å². The minimum Gasteiger partial charge on any atom is -0.305 e. The summed E-state index contributed by atoms with van der Waals surface area (Å²) in [5.74, 6) is 0.407. The van der Waals surface area contributed by atoms with E-state index in [2.05, 4.69) is 19.2 Å². The summed E-state index contributed by atoms with van der Waals surface area (Å²) in [6.45, 7) is 4.17. The number of rotatable bonds is 2. The fraction of sp³-hybridized carbons (Fsp3) is 0.533. The molecule has 1 atom stereocenters. The van der Waals surface area contributed by atoms with Gasteiger partial charge >= 0.3 is 0 Å². The topological polar surface area (TPSA) is 29.1 Å². The quantitative estimate of drug-likeness (QED) is 0.850. The van der Waals surface area contributed by atoms with Crippen LogP contribution in [0, 0.1) is 0 Å². The molecule has 17 heavy (non-hydrogen) atoms. The van der Waals surface area contributed by atoms with Crippen LogP contribution in [-0.2, 0) is 4.79 Å². The highest BCUT2D eigenvalue weighted by molar-refractivity contribution is 5.84. The van der Waals surface area contributed by atoms with Crippen LogP contribution in [0.25, 0.3) is 0 Å². The maximum atomic E-state index is 11.3. The van der Waals surface area contributed by atoms with Gasteiger partial charge in [0.15, 0.2) is 0 Å². The highest BCUT2D eigenvalue weighted by atomic mass is 16.1. The van der Waals surface area contributed by atoms with Gasteiger partial charge in [0.25, 0.3) is 0 Å². The standard InChI is InChI=1S/C9H17NO.C6H6/c1-7(2)10-8-5-3-4-6-9(8)11;1-2-4-6-5-3-1/h7-8,10H,3-6H2,1-2H3;1-6H. The van der Waals surface area contributed by atoms with E-state index in [0.29, 0.717) is 11.8 Å². The predicted molar refractivity (Wildman–Crippen MR) is 72.0 cm³/mol. The van der Waals surface area contributed by atoms with Crippen LogP contribution < -0.4 is 5.32 Å². The molecule has 1 saturated carbocycles. The molecule has 2 rings (SSSR count). The maximum Gasteiger partial charge on any atom is 0.149 e. The second-order valence-electron chi connectivity index (χ2n) is 4.74. The van der Waals surface area contributed by atoms with Crippen molar-refractivity contribution >= 4 is 5.78 Å². The Morgan fingerprint density at radius 3 is 2.00 bits per heavy atom. The van der Waals surface area contributed by atoms with Gasteiger partial charge in [-0.25, -0.2) is 0 Å². The zero-order valence-electron chi connectivity index (χ0n) is 10.9. The Bertz CT molecular complexity index is 281. The predicted octanol–water partition coefficient (Wildman–Crippen LogP) is 3.18. The molecule has 1 N–H and O–H groups in total. The summed E-state index contributed by atoms with van der Waals surface area (Å²) in [4.78, 5) is 11.3. The second kappa shape index (κ2) is 8.02. The lowest BCUT2D eigenvalue weighted by Crippen LogP contribution is -2.42. The number of carbonyl (C=O) groups is 1. The zero-order chi connectivity index (χ0) is 12.5. The Hall–Kier alpha value is -1.15. The fourth-order valence-corrected chi connectivity index (χ4v) is 1.95. The summed E-state index contributed by atoms with van der Waals surface area (Å²) >= 11 is 0. The molecule has 1 fully saturated rings. The molecule has 0 bridgehead atoms. The van der Waals surface area contributed by atoms with Gasteiger partial charge in [-0.3, -0.25) is 4.79 Å². The summed E-state index contributed by atoms with van der Waals surface area (Å²) < 4.78 is 0. The summed E-state index contributed by atoms with van der Waals surface area (Å²) in [7, 11) is 0. The molecule has 1 aromatic carbocycles. The fourth-order valence-electron chi connectivity index (χ4n) is 1.95. The molecule has 2 nitrogen and oxygen atoms in total. The molecular formula is C15H23NO. The van der Waals surface area contributed by atoms with Gasteiger partial charge in [0.05, 0.1) is 6.04 Å². The Morgan fingerprint density at radius 2 is 1.59 bits per heavy atom. The normalized spacial score (nSPS) is 19.7. The lowest BCUT2D eigenvalue weighted by atomic mass is 9.94. The van der Waals surface area contributed by atoms with E-state index in [1.165, 1.54) is 6.42 Å². The van der Waals surface area contributed by atoms with E-state index in [-0.39, 0.29) is 6.04 Å². The summed E-state index contributed by atoms with van der Waals surface area (Å²) in [5, 5.41) is 3.28. The molecule has 2 heteroatoms. The Labute approximate surface area is 104 Å². The average molecular weight is 233 g/mol. The molecule has 0 heterocycles. The summed E-state index contributed by atoms with van der Waals surface area (Å²) in [6, 6.07) is 12.6. The van der Waals surface area contributed by atoms with Gasteiger partial charge < -0.3 is 5.32 Å². The highest BCUT2D eigenvalue weighted by Gasteiger charge is 2.21. The number of hydrogen-bond donors (Lipinski definition) is 1. The number of hydrogen-bond acceptors (Lipinski definition) is 2. The minimum atomic E-state index is 0.156. The third-order valence-electron chi connectivity index (χ3n) is 2.76. The van der Waals surface area contributed by atoms with Crippen molar-refractivity contribution in [1.29, 1.82) is 0 Å². The highest BCUT2D eigenvalue weighted by Crippen LogP contribution is 2.14. The molecule has 0 aliphatic heterocycles. The number of carbonyl (C=O) groups excluding carboxylic acids is 1. The van der Waals surface area contributed by atoms with Gasteiger partial charge in [-0.15, -0.1) is 0 Å². The molecule has 0 saturated heterocycles. The Balaban J connectivity index is 0.000000202.